The third-order valence-corrected chi connectivity index (χ3v) is 6.99. The van der Waals surface area contributed by atoms with Crippen LogP contribution in [0.3, 0.4) is 0 Å². The van der Waals surface area contributed by atoms with E-state index in [9.17, 15) is 4.79 Å². The van der Waals surface area contributed by atoms with Crippen LogP contribution < -0.4 is 4.74 Å². The fraction of sp³-hybridized carbons (Fsp3) is 0.222. The predicted octanol–water partition coefficient (Wildman–Crippen LogP) is 4.95. The molecule has 1 unspecified atom stereocenters. The molecular weight excluding hydrogens is 510 g/mol. The van der Waals surface area contributed by atoms with Crippen molar-refractivity contribution in [3.63, 3.8) is 0 Å². The van der Waals surface area contributed by atoms with Gasteiger partial charge < -0.3 is 14.0 Å². The maximum absolute atomic E-state index is 12.5. The van der Waals surface area contributed by atoms with Crippen LogP contribution in [0.1, 0.15) is 5.82 Å². The van der Waals surface area contributed by atoms with Crippen LogP contribution in [0.15, 0.2) is 93.0 Å². The summed E-state index contributed by atoms with van der Waals surface area (Å²) in [6, 6.07) is 18.0. The number of fused-ring (bicyclic) bond motifs is 1. The molecule has 2 heterocycles. The van der Waals surface area contributed by atoms with E-state index in [2.05, 4.69) is 32.3 Å². The number of halogens is 1. The Balaban J connectivity index is 1.31. The number of amides is 1. The fourth-order valence-corrected chi connectivity index (χ4v) is 4.99. The van der Waals surface area contributed by atoms with Crippen LogP contribution in [-0.2, 0) is 22.7 Å². The van der Waals surface area contributed by atoms with Crippen molar-refractivity contribution in [2.24, 2.45) is 15.9 Å². The maximum atomic E-state index is 12.5. The summed E-state index contributed by atoms with van der Waals surface area (Å²) < 4.78 is 13.5. The Morgan fingerprint density at radius 3 is 2.70 bits per heavy atom. The highest BCUT2D eigenvalue weighted by Gasteiger charge is 2.28. The first kappa shape index (κ1) is 25.1. The molecule has 1 aliphatic carbocycles. The summed E-state index contributed by atoms with van der Waals surface area (Å²) in [5, 5.41) is 9.94. The lowest BCUT2D eigenvalue weighted by Crippen LogP contribution is -2.28. The van der Waals surface area contributed by atoms with Crippen LogP contribution in [0.2, 0.25) is 0 Å². The third-order valence-electron chi connectivity index (χ3n) is 5.79. The number of para-hydroxylation sites is 1. The van der Waals surface area contributed by atoms with Crippen molar-refractivity contribution in [3.8, 4) is 16.9 Å². The minimum atomic E-state index is -0.468. The molecule has 2 aliphatic rings. The highest BCUT2D eigenvalue weighted by molar-refractivity contribution is 7.99. The second kappa shape index (κ2) is 11.7. The van der Waals surface area contributed by atoms with Crippen molar-refractivity contribution in [2.75, 3.05) is 19.5 Å². The first-order chi connectivity index (χ1) is 18.1. The molecule has 1 aliphatic heterocycles. The number of thioether (sulfide) groups is 1. The molecule has 1 amide bonds. The van der Waals surface area contributed by atoms with Crippen LogP contribution in [-0.4, -0.2) is 51.7 Å². The van der Waals surface area contributed by atoms with E-state index in [1.165, 1.54) is 11.8 Å². The number of hydrogen-bond acceptors (Lipinski definition) is 7. The van der Waals surface area contributed by atoms with E-state index >= 15 is 0 Å². The Hall–Kier alpha value is -3.53. The molecule has 37 heavy (non-hydrogen) atoms. The highest BCUT2D eigenvalue weighted by atomic mass is 35.5. The zero-order valence-corrected chi connectivity index (χ0v) is 21.7. The number of methoxy groups -OCH3 is 1. The largest absolute Gasteiger partial charge is 0.485 e. The Kier molecular flexibility index (Phi) is 7.93. The molecule has 0 N–H and O–H groups in total. The van der Waals surface area contributed by atoms with Gasteiger partial charge >= 0.3 is 0 Å². The molecule has 10 heteroatoms. The van der Waals surface area contributed by atoms with E-state index in [1.807, 2.05) is 47.0 Å². The summed E-state index contributed by atoms with van der Waals surface area (Å²) in [4.78, 5) is 21.1. The van der Waals surface area contributed by atoms with Crippen molar-refractivity contribution in [1.29, 1.82) is 0 Å². The Morgan fingerprint density at radius 2 is 1.86 bits per heavy atom. The number of benzene rings is 2. The molecular formula is C27H24ClN5O3S. The molecule has 2 aromatic carbocycles. The summed E-state index contributed by atoms with van der Waals surface area (Å²) in [5.74, 6) is 1.50. The van der Waals surface area contributed by atoms with Gasteiger partial charge in [-0.2, -0.15) is 4.99 Å². The number of allylic oxidation sites excluding steroid dienone is 3. The molecule has 1 atom stereocenters. The number of rotatable bonds is 10. The Morgan fingerprint density at radius 1 is 1.05 bits per heavy atom. The molecule has 188 valence electrons. The average molecular weight is 534 g/mol. The van der Waals surface area contributed by atoms with E-state index in [4.69, 9.17) is 21.1 Å². The second-order valence-corrected chi connectivity index (χ2v) is 9.63. The molecule has 1 aromatic heterocycles. The normalized spacial score (nSPS) is 16.6. The van der Waals surface area contributed by atoms with Gasteiger partial charge in [-0.1, -0.05) is 78.0 Å². The second-order valence-electron chi connectivity index (χ2n) is 8.25. The molecule has 0 bridgehead atoms. The fourth-order valence-electron chi connectivity index (χ4n) is 3.97. The van der Waals surface area contributed by atoms with Crippen molar-refractivity contribution in [1.82, 2.24) is 14.8 Å². The zero-order chi connectivity index (χ0) is 25.6. The zero-order valence-electron chi connectivity index (χ0n) is 20.1. The molecule has 3 aromatic rings. The van der Waals surface area contributed by atoms with E-state index in [-0.39, 0.29) is 12.5 Å². The quantitative estimate of drug-likeness (QED) is 0.342. The minimum absolute atomic E-state index is 0.236. The van der Waals surface area contributed by atoms with Gasteiger partial charge in [-0.05, 0) is 23.8 Å². The average Bonchev–Trinajstić information content (AvgIpc) is 3.31. The number of hydrogen-bond donors (Lipinski definition) is 0. The standard InChI is InChI=1S/C27H24ClN5O3S/c1-35-14-13-33-25(16-36-23-10-6-5-9-20(23)18-7-3-2-4-8-18)31-32-27(33)37-17-24-29-22-15-19(28)11-12-21(22)26(34)30-24/h2-12,15,21H,13-14,16-17H2,1H3. The summed E-state index contributed by atoms with van der Waals surface area (Å²) in [6.07, 6.45) is 5.12. The van der Waals surface area contributed by atoms with Gasteiger partial charge in [0.2, 0.25) is 0 Å². The van der Waals surface area contributed by atoms with Crippen LogP contribution in [0.25, 0.3) is 11.1 Å². The molecule has 8 nitrogen and oxygen atoms in total. The molecule has 0 saturated carbocycles. The smallest absolute Gasteiger partial charge is 0.260 e. The number of ether oxygens (including phenoxy) is 2. The number of carbonyl (C=O) groups excluding carboxylic acids is 1. The van der Waals surface area contributed by atoms with Gasteiger partial charge in [-0.25, -0.2) is 4.99 Å². The third kappa shape index (κ3) is 5.90. The number of aromatic nitrogens is 3. The first-order valence-corrected chi connectivity index (χ1v) is 13.0. The van der Waals surface area contributed by atoms with Crippen LogP contribution in [0.4, 0.5) is 0 Å². The van der Waals surface area contributed by atoms with Crippen LogP contribution in [0, 0.1) is 5.92 Å². The van der Waals surface area contributed by atoms with Gasteiger partial charge in [0.1, 0.15) is 24.1 Å². The summed E-state index contributed by atoms with van der Waals surface area (Å²) in [5.41, 5.74) is 2.69. The highest BCUT2D eigenvalue weighted by Crippen LogP contribution is 2.30. The van der Waals surface area contributed by atoms with E-state index in [0.717, 1.165) is 16.9 Å². The number of amidine groups is 1. The van der Waals surface area contributed by atoms with Gasteiger partial charge in [0, 0.05) is 24.3 Å². The minimum Gasteiger partial charge on any atom is -0.485 e. The monoisotopic (exact) mass is 533 g/mol. The Labute approximate surface area is 223 Å². The number of carbonyl (C=O) groups is 1. The van der Waals surface area contributed by atoms with Gasteiger partial charge in [0.15, 0.2) is 11.0 Å². The lowest BCUT2D eigenvalue weighted by Gasteiger charge is -2.18. The van der Waals surface area contributed by atoms with Crippen molar-refractivity contribution in [3.05, 3.63) is 83.7 Å². The Bertz CT molecular complexity index is 1410. The van der Waals surface area contributed by atoms with Crippen molar-refractivity contribution < 1.29 is 14.3 Å². The van der Waals surface area contributed by atoms with Crippen molar-refractivity contribution >= 4 is 40.8 Å². The summed E-state index contributed by atoms with van der Waals surface area (Å²) >= 11 is 7.49. The number of aliphatic imine (C=N–C) groups is 2. The number of nitrogens with zero attached hydrogens (tertiary/aromatic N) is 5. The molecule has 5 rings (SSSR count). The molecule has 0 fully saturated rings. The predicted molar refractivity (Wildman–Crippen MR) is 145 cm³/mol. The molecule has 0 saturated heterocycles. The van der Waals surface area contributed by atoms with Crippen LogP contribution >= 0.6 is 23.4 Å². The lowest BCUT2D eigenvalue weighted by atomic mass is 9.96. The van der Waals surface area contributed by atoms with Gasteiger partial charge in [0.25, 0.3) is 5.91 Å². The van der Waals surface area contributed by atoms with E-state index in [1.54, 1.807) is 25.3 Å². The molecule has 0 radical (unpaired) electrons. The van der Waals surface area contributed by atoms with Gasteiger partial charge in [-0.15, -0.1) is 10.2 Å². The van der Waals surface area contributed by atoms with Gasteiger partial charge in [0.05, 0.1) is 18.1 Å². The van der Waals surface area contributed by atoms with Crippen LogP contribution in [0.5, 0.6) is 5.75 Å². The van der Waals surface area contributed by atoms with Crippen molar-refractivity contribution in [2.45, 2.75) is 18.3 Å². The summed E-state index contributed by atoms with van der Waals surface area (Å²) in [7, 11) is 1.65. The SMILES string of the molecule is COCCn1c(COc2ccccc2-c2ccccc2)nnc1SCC1=NC(=O)C2C=CC(Cl)=CC2=N1. The lowest BCUT2D eigenvalue weighted by molar-refractivity contribution is -0.118. The maximum Gasteiger partial charge on any atom is 0.260 e. The first-order valence-electron chi connectivity index (χ1n) is 11.7. The van der Waals surface area contributed by atoms with E-state index in [0.29, 0.717) is 46.5 Å². The summed E-state index contributed by atoms with van der Waals surface area (Å²) in [6.45, 7) is 1.27. The van der Waals surface area contributed by atoms with Gasteiger partial charge in [-0.3, -0.25) is 4.79 Å². The topological polar surface area (TPSA) is 91.0 Å². The van der Waals surface area contributed by atoms with E-state index < -0.39 is 5.92 Å². The molecule has 0 spiro atoms.